The summed E-state index contributed by atoms with van der Waals surface area (Å²) in [6, 6.07) is 5.05. The number of nitrogens with one attached hydrogen (secondary N) is 1. The minimum atomic E-state index is 0.0525. The predicted octanol–water partition coefficient (Wildman–Crippen LogP) is 1.04. The van der Waals surface area contributed by atoms with Gasteiger partial charge in [0.25, 0.3) is 0 Å². The first-order valence-corrected chi connectivity index (χ1v) is 6.97. The smallest absolute Gasteiger partial charge is 0.143 e. The second-order valence-electron chi connectivity index (χ2n) is 5.58. The first-order valence-electron chi connectivity index (χ1n) is 6.97. The number of hydrogen-bond acceptors (Lipinski definition) is 4. The molecule has 3 heterocycles. The van der Waals surface area contributed by atoms with Crippen molar-refractivity contribution < 1.29 is 0 Å². The molecule has 1 aromatic heterocycles. The zero-order chi connectivity index (χ0) is 13.4. The van der Waals surface area contributed by atoms with Gasteiger partial charge in [-0.3, -0.25) is 15.3 Å². The Bertz CT molecular complexity index is 486. The Labute approximate surface area is 113 Å². The van der Waals surface area contributed by atoms with Gasteiger partial charge < -0.3 is 10.6 Å². The fourth-order valence-electron chi connectivity index (χ4n) is 3.36. The number of nitrogens with two attached hydrogens (primary N) is 1. The van der Waals surface area contributed by atoms with E-state index < -0.39 is 0 Å². The molecule has 2 fully saturated rings. The van der Waals surface area contributed by atoms with Crippen LogP contribution in [0.5, 0.6) is 0 Å². The summed E-state index contributed by atoms with van der Waals surface area (Å²) in [4.78, 5) is 9.23. The molecule has 2 unspecified atom stereocenters. The minimum absolute atomic E-state index is 0.0525. The lowest BCUT2D eigenvalue weighted by atomic mass is 10.1. The molecule has 2 saturated heterocycles. The van der Waals surface area contributed by atoms with Gasteiger partial charge in [0.15, 0.2) is 0 Å². The molecular formula is C14H21N5. The summed E-state index contributed by atoms with van der Waals surface area (Å²) >= 11 is 0. The summed E-state index contributed by atoms with van der Waals surface area (Å²) < 4.78 is 0. The van der Waals surface area contributed by atoms with Crippen LogP contribution >= 0.6 is 0 Å². The van der Waals surface area contributed by atoms with E-state index in [2.05, 4.69) is 21.7 Å². The van der Waals surface area contributed by atoms with Gasteiger partial charge in [0, 0.05) is 31.4 Å². The van der Waals surface area contributed by atoms with E-state index >= 15 is 0 Å². The maximum absolute atomic E-state index is 7.69. The van der Waals surface area contributed by atoms with Crippen molar-refractivity contribution in [3.8, 4) is 0 Å². The van der Waals surface area contributed by atoms with E-state index in [1.807, 2.05) is 12.1 Å². The van der Waals surface area contributed by atoms with Gasteiger partial charge in [0.05, 0.1) is 5.69 Å². The Hall–Kier alpha value is -1.62. The second-order valence-corrected chi connectivity index (χ2v) is 5.58. The highest BCUT2D eigenvalue weighted by Gasteiger charge is 2.35. The van der Waals surface area contributed by atoms with Gasteiger partial charge in [-0.15, -0.1) is 0 Å². The van der Waals surface area contributed by atoms with Gasteiger partial charge in [0.2, 0.25) is 0 Å². The predicted molar refractivity (Wildman–Crippen MR) is 76.7 cm³/mol. The van der Waals surface area contributed by atoms with Crippen molar-refractivity contribution in [3.63, 3.8) is 0 Å². The summed E-state index contributed by atoms with van der Waals surface area (Å²) in [5.74, 6) is 0.0525. The van der Waals surface area contributed by atoms with Crippen molar-refractivity contribution in [3.05, 3.63) is 24.0 Å². The molecule has 102 valence electrons. The molecule has 0 saturated carbocycles. The van der Waals surface area contributed by atoms with E-state index in [1.165, 1.54) is 19.4 Å². The van der Waals surface area contributed by atoms with Crippen LogP contribution in [0.1, 0.15) is 25.5 Å². The average Bonchev–Trinajstić information content (AvgIpc) is 2.84. The Morgan fingerprint density at radius 3 is 3.11 bits per heavy atom. The van der Waals surface area contributed by atoms with E-state index in [0.717, 1.165) is 18.8 Å². The molecule has 2 aliphatic rings. The molecule has 2 aliphatic heterocycles. The lowest BCUT2D eigenvalue weighted by molar-refractivity contribution is 0.203. The molecule has 3 N–H and O–H groups in total. The van der Waals surface area contributed by atoms with E-state index in [1.54, 1.807) is 6.20 Å². The van der Waals surface area contributed by atoms with Crippen LogP contribution in [0.3, 0.4) is 0 Å². The molecule has 5 heteroatoms. The lowest BCUT2D eigenvalue weighted by Crippen LogP contribution is -2.55. The highest BCUT2D eigenvalue weighted by molar-refractivity contribution is 5.98. The third kappa shape index (κ3) is 2.18. The fourth-order valence-corrected chi connectivity index (χ4v) is 3.36. The van der Waals surface area contributed by atoms with Gasteiger partial charge in [0.1, 0.15) is 11.5 Å². The topological polar surface area (TPSA) is 69.2 Å². The highest BCUT2D eigenvalue weighted by Crippen LogP contribution is 2.29. The molecule has 1 aromatic rings. The van der Waals surface area contributed by atoms with Crippen molar-refractivity contribution in [2.45, 2.75) is 31.8 Å². The lowest BCUT2D eigenvalue weighted by Gasteiger charge is -2.44. The maximum Gasteiger partial charge on any atom is 0.143 e. The van der Waals surface area contributed by atoms with E-state index in [0.29, 0.717) is 17.8 Å². The zero-order valence-corrected chi connectivity index (χ0v) is 11.3. The molecule has 0 spiro atoms. The number of pyridine rings is 1. The van der Waals surface area contributed by atoms with Gasteiger partial charge in [-0.25, -0.2) is 0 Å². The van der Waals surface area contributed by atoms with Crippen LogP contribution in [0.15, 0.2) is 18.3 Å². The molecule has 0 bridgehead atoms. The third-order valence-corrected chi connectivity index (χ3v) is 4.29. The summed E-state index contributed by atoms with van der Waals surface area (Å²) in [5, 5.41) is 7.69. The first kappa shape index (κ1) is 12.4. The summed E-state index contributed by atoms with van der Waals surface area (Å²) in [5.41, 5.74) is 7.28. The van der Waals surface area contributed by atoms with Crippen LogP contribution in [-0.2, 0) is 0 Å². The zero-order valence-electron chi connectivity index (χ0n) is 11.3. The number of amidine groups is 1. The Kier molecular flexibility index (Phi) is 3.14. The number of fused-ring (bicyclic) bond motifs is 1. The van der Waals surface area contributed by atoms with Crippen molar-refractivity contribution in [2.75, 3.05) is 24.5 Å². The minimum Gasteiger partial charge on any atom is -0.382 e. The summed E-state index contributed by atoms with van der Waals surface area (Å²) in [6.45, 7) is 5.59. The standard InChI is InChI=1S/C14H21N5/c1-10-8-18-7-3-4-11(18)9-19(10)12-5-2-6-17-13(12)14(15)16/h2,5-6,10-11H,3-4,7-9H2,1H3,(H3,15,16). The Morgan fingerprint density at radius 1 is 1.47 bits per heavy atom. The largest absolute Gasteiger partial charge is 0.382 e. The molecule has 0 aromatic carbocycles. The molecule has 0 radical (unpaired) electrons. The van der Waals surface area contributed by atoms with E-state index in [4.69, 9.17) is 11.1 Å². The normalized spacial score (nSPS) is 27.3. The number of hydrogen-bond donors (Lipinski definition) is 2. The molecule has 0 aliphatic carbocycles. The molecule has 2 atom stereocenters. The van der Waals surface area contributed by atoms with Crippen LogP contribution in [0.4, 0.5) is 5.69 Å². The van der Waals surface area contributed by atoms with Crippen molar-refractivity contribution in [2.24, 2.45) is 5.73 Å². The second kappa shape index (κ2) is 4.81. The Morgan fingerprint density at radius 2 is 2.32 bits per heavy atom. The quantitative estimate of drug-likeness (QED) is 0.615. The van der Waals surface area contributed by atoms with Gasteiger partial charge in [-0.2, -0.15) is 0 Å². The van der Waals surface area contributed by atoms with Gasteiger partial charge >= 0.3 is 0 Å². The first-order chi connectivity index (χ1) is 9.16. The van der Waals surface area contributed by atoms with E-state index in [9.17, 15) is 0 Å². The van der Waals surface area contributed by atoms with Crippen LogP contribution < -0.4 is 10.6 Å². The van der Waals surface area contributed by atoms with Gasteiger partial charge in [-0.05, 0) is 38.4 Å². The third-order valence-electron chi connectivity index (χ3n) is 4.29. The summed E-state index contributed by atoms with van der Waals surface area (Å²) in [6.07, 6.45) is 4.29. The number of rotatable bonds is 2. The highest BCUT2D eigenvalue weighted by atomic mass is 15.3. The molecule has 19 heavy (non-hydrogen) atoms. The van der Waals surface area contributed by atoms with Crippen molar-refractivity contribution in [1.82, 2.24) is 9.88 Å². The van der Waals surface area contributed by atoms with Crippen molar-refractivity contribution in [1.29, 1.82) is 5.41 Å². The number of anilines is 1. The Balaban J connectivity index is 1.91. The fraction of sp³-hybridized carbons (Fsp3) is 0.571. The molecule has 5 nitrogen and oxygen atoms in total. The number of nitrogen functional groups attached to an aromatic ring is 1. The molecule has 3 rings (SSSR count). The monoisotopic (exact) mass is 259 g/mol. The molecular weight excluding hydrogens is 238 g/mol. The van der Waals surface area contributed by atoms with E-state index in [-0.39, 0.29) is 5.84 Å². The number of nitrogens with zero attached hydrogens (tertiary/aromatic N) is 3. The maximum atomic E-state index is 7.69. The SMILES string of the molecule is CC1CN2CCCC2CN1c1cccnc1C(=N)N. The number of aromatic nitrogens is 1. The number of piperazine rings is 1. The van der Waals surface area contributed by atoms with Crippen LogP contribution in [0.2, 0.25) is 0 Å². The van der Waals surface area contributed by atoms with Crippen LogP contribution in [0.25, 0.3) is 0 Å². The van der Waals surface area contributed by atoms with Crippen LogP contribution in [0, 0.1) is 5.41 Å². The molecule has 0 amide bonds. The van der Waals surface area contributed by atoms with Gasteiger partial charge in [-0.1, -0.05) is 0 Å². The van der Waals surface area contributed by atoms with Crippen molar-refractivity contribution >= 4 is 11.5 Å². The van der Waals surface area contributed by atoms with Crippen LogP contribution in [-0.4, -0.2) is 47.4 Å². The summed E-state index contributed by atoms with van der Waals surface area (Å²) in [7, 11) is 0. The average molecular weight is 259 g/mol.